The normalized spacial score (nSPS) is 10.4. The summed E-state index contributed by atoms with van der Waals surface area (Å²) in [4.78, 5) is 14.6. The van der Waals surface area contributed by atoms with Gasteiger partial charge in [-0.15, -0.1) is 0 Å². The van der Waals surface area contributed by atoms with E-state index < -0.39 is 0 Å². The molecule has 0 fully saturated rings. The first kappa shape index (κ1) is 6.97. The molecule has 12 heavy (non-hydrogen) atoms. The molecule has 4 heteroatoms. The van der Waals surface area contributed by atoms with E-state index in [0.29, 0.717) is 5.69 Å². The highest BCUT2D eigenvalue weighted by molar-refractivity contribution is 5.82. The van der Waals surface area contributed by atoms with E-state index in [1.807, 2.05) is 6.92 Å². The van der Waals surface area contributed by atoms with Gasteiger partial charge in [0.2, 0.25) is 0 Å². The van der Waals surface area contributed by atoms with Crippen LogP contribution in [0.5, 0.6) is 0 Å². The van der Waals surface area contributed by atoms with Crippen LogP contribution in [0.25, 0.3) is 5.52 Å². The number of carbonyl (C=O) groups is 1. The molecule has 2 heterocycles. The van der Waals surface area contributed by atoms with Crippen LogP contribution in [0, 0.1) is 6.92 Å². The lowest BCUT2D eigenvalue weighted by Crippen LogP contribution is -1.97. The Bertz CT molecular complexity index is 433. The summed E-state index contributed by atoms with van der Waals surface area (Å²) in [6, 6.07) is 1.76. The van der Waals surface area contributed by atoms with E-state index in [9.17, 15) is 4.79 Å². The van der Waals surface area contributed by atoms with E-state index in [-0.39, 0.29) is 0 Å². The second-order valence-corrected chi connectivity index (χ2v) is 2.55. The van der Waals surface area contributed by atoms with E-state index in [2.05, 4.69) is 10.1 Å². The van der Waals surface area contributed by atoms with Gasteiger partial charge in [0.1, 0.15) is 5.69 Å². The number of hydrogen-bond donors (Lipinski definition) is 0. The molecule has 0 amide bonds. The third-order valence-corrected chi connectivity index (χ3v) is 1.65. The van der Waals surface area contributed by atoms with Gasteiger partial charge in [-0.2, -0.15) is 5.10 Å². The molecule has 2 aromatic heterocycles. The molecule has 0 aliphatic rings. The minimum atomic E-state index is 0.438. The fourth-order valence-corrected chi connectivity index (χ4v) is 1.16. The Hall–Kier alpha value is -1.71. The van der Waals surface area contributed by atoms with Crippen LogP contribution in [0.15, 0.2) is 18.5 Å². The highest BCUT2D eigenvalue weighted by Crippen LogP contribution is 2.05. The minimum absolute atomic E-state index is 0.438. The number of aldehydes is 1. The van der Waals surface area contributed by atoms with Gasteiger partial charge in [0.05, 0.1) is 23.6 Å². The summed E-state index contributed by atoms with van der Waals surface area (Å²) in [5.74, 6) is 0. The zero-order valence-electron chi connectivity index (χ0n) is 6.56. The summed E-state index contributed by atoms with van der Waals surface area (Å²) in [7, 11) is 0. The van der Waals surface area contributed by atoms with E-state index in [1.54, 1.807) is 23.0 Å². The lowest BCUT2D eigenvalue weighted by atomic mass is 10.3. The molecule has 0 saturated carbocycles. The quantitative estimate of drug-likeness (QED) is 0.582. The molecule has 0 spiro atoms. The van der Waals surface area contributed by atoms with Gasteiger partial charge >= 0.3 is 0 Å². The molecule has 0 bridgehead atoms. The first-order chi connectivity index (χ1) is 5.81. The van der Waals surface area contributed by atoms with Crippen molar-refractivity contribution in [2.75, 3.05) is 0 Å². The predicted octanol–water partition coefficient (Wildman–Crippen LogP) is 0.850. The Morgan fingerprint density at radius 1 is 1.58 bits per heavy atom. The van der Waals surface area contributed by atoms with Gasteiger partial charge in [0.25, 0.3) is 0 Å². The van der Waals surface area contributed by atoms with Crippen LogP contribution in [0.2, 0.25) is 0 Å². The molecular formula is C8H7N3O. The number of fused-ring (bicyclic) bond motifs is 1. The van der Waals surface area contributed by atoms with E-state index in [1.165, 1.54) is 0 Å². The number of hydrogen-bond acceptors (Lipinski definition) is 3. The van der Waals surface area contributed by atoms with Crippen molar-refractivity contribution in [1.82, 2.24) is 14.6 Å². The van der Waals surface area contributed by atoms with Crippen molar-refractivity contribution in [1.29, 1.82) is 0 Å². The molecule has 0 aliphatic heterocycles. The van der Waals surface area contributed by atoms with Crippen molar-refractivity contribution in [3.05, 3.63) is 29.8 Å². The first-order valence-electron chi connectivity index (χ1n) is 3.57. The molecule has 0 saturated heterocycles. The average Bonchev–Trinajstić information content (AvgIpc) is 2.50. The standard InChI is InChI=1S/C8H7N3O/c1-6-4-11-8(2-3-9-11)7(5-12)10-6/h2-5H,1H3. The zero-order valence-corrected chi connectivity index (χ0v) is 6.56. The number of aryl methyl sites for hydroxylation is 1. The lowest BCUT2D eigenvalue weighted by Gasteiger charge is -1.97. The smallest absolute Gasteiger partial charge is 0.170 e. The second kappa shape index (κ2) is 2.41. The minimum Gasteiger partial charge on any atom is -0.296 e. The molecule has 0 radical (unpaired) electrons. The van der Waals surface area contributed by atoms with Crippen LogP contribution in [-0.2, 0) is 0 Å². The van der Waals surface area contributed by atoms with Crippen molar-refractivity contribution < 1.29 is 4.79 Å². The van der Waals surface area contributed by atoms with Crippen LogP contribution in [0.1, 0.15) is 16.2 Å². The third-order valence-electron chi connectivity index (χ3n) is 1.65. The van der Waals surface area contributed by atoms with Crippen LogP contribution in [0.4, 0.5) is 0 Å². The maximum atomic E-state index is 10.6. The van der Waals surface area contributed by atoms with Gasteiger partial charge in [-0.05, 0) is 13.0 Å². The maximum absolute atomic E-state index is 10.6. The summed E-state index contributed by atoms with van der Waals surface area (Å²) in [6.45, 7) is 1.83. The van der Waals surface area contributed by atoms with Gasteiger partial charge in [0, 0.05) is 0 Å². The van der Waals surface area contributed by atoms with Crippen molar-refractivity contribution in [3.8, 4) is 0 Å². The van der Waals surface area contributed by atoms with Crippen LogP contribution < -0.4 is 0 Å². The fourth-order valence-electron chi connectivity index (χ4n) is 1.16. The van der Waals surface area contributed by atoms with Crippen molar-refractivity contribution in [3.63, 3.8) is 0 Å². The Morgan fingerprint density at radius 3 is 3.17 bits per heavy atom. The van der Waals surface area contributed by atoms with Gasteiger partial charge in [0.15, 0.2) is 6.29 Å². The van der Waals surface area contributed by atoms with Crippen molar-refractivity contribution in [2.24, 2.45) is 0 Å². The van der Waals surface area contributed by atoms with Gasteiger partial charge in [-0.1, -0.05) is 0 Å². The SMILES string of the molecule is Cc1cn2nccc2c(C=O)n1. The molecule has 0 unspecified atom stereocenters. The second-order valence-electron chi connectivity index (χ2n) is 2.55. The zero-order chi connectivity index (χ0) is 8.55. The molecule has 2 rings (SSSR count). The van der Waals surface area contributed by atoms with Crippen molar-refractivity contribution in [2.45, 2.75) is 6.92 Å². The number of aromatic nitrogens is 3. The van der Waals surface area contributed by atoms with E-state index >= 15 is 0 Å². The Balaban J connectivity index is 2.88. The first-order valence-corrected chi connectivity index (χ1v) is 3.57. The molecular weight excluding hydrogens is 154 g/mol. The molecule has 0 aliphatic carbocycles. The predicted molar refractivity (Wildman–Crippen MR) is 43.1 cm³/mol. The van der Waals surface area contributed by atoms with Crippen LogP contribution in [-0.4, -0.2) is 20.9 Å². The summed E-state index contributed by atoms with van der Waals surface area (Å²) in [5.41, 5.74) is 1.97. The largest absolute Gasteiger partial charge is 0.296 e. The average molecular weight is 161 g/mol. The maximum Gasteiger partial charge on any atom is 0.170 e. The Labute approximate surface area is 68.8 Å². The summed E-state index contributed by atoms with van der Waals surface area (Å²) < 4.78 is 1.64. The Morgan fingerprint density at radius 2 is 2.42 bits per heavy atom. The summed E-state index contributed by atoms with van der Waals surface area (Å²) >= 11 is 0. The molecule has 4 nitrogen and oxygen atoms in total. The topological polar surface area (TPSA) is 47.3 Å². The van der Waals surface area contributed by atoms with E-state index in [4.69, 9.17) is 0 Å². The molecule has 0 atom stereocenters. The third kappa shape index (κ3) is 0.887. The lowest BCUT2D eigenvalue weighted by molar-refractivity contribution is 0.112. The molecule has 2 aromatic rings. The Kier molecular flexibility index (Phi) is 1.40. The van der Waals surface area contributed by atoms with Crippen molar-refractivity contribution >= 4 is 11.8 Å². The number of nitrogens with zero attached hydrogens (tertiary/aromatic N) is 3. The fraction of sp³-hybridized carbons (Fsp3) is 0.125. The van der Waals surface area contributed by atoms with Crippen LogP contribution in [0.3, 0.4) is 0 Å². The molecule has 0 aromatic carbocycles. The molecule has 0 N–H and O–H groups in total. The monoisotopic (exact) mass is 161 g/mol. The highest BCUT2D eigenvalue weighted by Gasteiger charge is 2.02. The van der Waals surface area contributed by atoms with Gasteiger partial charge in [-0.3, -0.25) is 4.79 Å². The van der Waals surface area contributed by atoms with E-state index in [0.717, 1.165) is 17.5 Å². The highest BCUT2D eigenvalue weighted by atomic mass is 16.1. The number of rotatable bonds is 1. The summed E-state index contributed by atoms with van der Waals surface area (Å²) in [5, 5.41) is 4.01. The molecule has 60 valence electrons. The van der Waals surface area contributed by atoms with Gasteiger partial charge < -0.3 is 0 Å². The van der Waals surface area contributed by atoms with Crippen LogP contribution >= 0.6 is 0 Å². The van der Waals surface area contributed by atoms with Gasteiger partial charge in [-0.25, -0.2) is 9.50 Å². The summed E-state index contributed by atoms with van der Waals surface area (Å²) in [6.07, 6.45) is 4.16. The number of carbonyl (C=O) groups excluding carboxylic acids is 1.